The van der Waals surface area contributed by atoms with Crippen LogP contribution in [0, 0.1) is 18.2 Å². The monoisotopic (exact) mass is 344 g/mol. The zero-order valence-electron chi connectivity index (χ0n) is 15.5. The lowest BCUT2D eigenvalue weighted by Gasteiger charge is -2.43. The van der Waals surface area contributed by atoms with E-state index in [0.29, 0.717) is 5.75 Å². The highest BCUT2D eigenvalue weighted by molar-refractivity contribution is 5.86. The number of fused-ring (bicyclic) bond motifs is 1. The molecular weight excluding hydrogens is 315 g/mol. The molecule has 1 saturated carbocycles. The number of aryl methyl sites for hydroxylation is 1. The van der Waals surface area contributed by atoms with Crippen LogP contribution in [0.5, 0.6) is 5.75 Å². The highest BCUT2D eigenvalue weighted by Crippen LogP contribution is 2.44. The summed E-state index contributed by atoms with van der Waals surface area (Å²) in [4.78, 5) is 4.07. The quantitative estimate of drug-likeness (QED) is 0.817. The van der Waals surface area contributed by atoms with E-state index in [9.17, 15) is 4.39 Å². The van der Waals surface area contributed by atoms with Gasteiger partial charge in [0.25, 0.3) is 0 Å². The molecule has 0 saturated heterocycles. The van der Waals surface area contributed by atoms with Crippen molar-refractivity contribution in [1.29, 1.82) is 0 Å². The Labute approximate surface area is 149 Å². The van der Waals surface area contributed by atoms with Gasteiger partial charge in [-0.1, -0.05) is 13.8 Å². The van der Waals surface area contributed by atoms with Crippen molar-refractivity contribution >= 4 is 10.8 Å². The minimum atomic E-state index is -0.296. The van der Waals surface area contributed by atoms with E-state index in [4.69, 9.17) is 10.5 Å². The fraction of sp³-hybridized carbons (Fsp3) is 0.571. The van der Waals surface area contributed by atoms with Crippen LogP contribution in [0.15, 0.2) is 24.5 Å². The summed E-state index contributed by atoms with van der Waals surface area (Å²) in [7, 11) is 0. The third-order valence-corrected chi connectivity index (χ3v) is 6.24. The minimum Gasteiger partial charge on any atom is -0.487 e. The van der Waals surface area contributed by atoms with Gasteiger partial charge >= 0.3 is 0 Å². The molecule has 25 heavy (non-hydrogen) atoms. The molecule has 4 heteroatoms. The highest BCUT2D eigenvalue weighted by Gasteiger charge is 2.38. The van der Waals surface area contributed by atoms with E-state index in [0.717, 1.165) is 54.9 Å². The van der Waals surface area contributed by atoms with E-state index in [1.54, 1.807) is 12.4 Å². The number of nitrogens with two attached hydrogens (primary N) is 1. The third-order valence-electron chi connectivity index (χ3n) is 6.24. The molecule has 0 unspecified atom stereocenters. The van der Waals surface area contributed by atoms with Gasteiger partial charge in [0, 0.05) is 29.4 Å². The van der Waals surface area contributed by atoms with Gasteiger partial charge in [0.15, 0.2) is 11.6 Å². The maximum atomic E-state index is 14.6. The number of halogens is 1. The van der Waals surface area contributed by atoms with Gasteiger partial charge in [-0.25, -0.2) is 4.39 Å². The van der Waals surface area contributed by atoms with Crippen LogP contribution < -0.4 is 10.5 Å². The van der Waals surface area contributed by atoms with Gasteiger partial charge in [-0.2, -0.15) is 0 Å². The average Bonchev–Trinajstić information content (AvgIpc) is 2.65. The van der Waals surface area contributed by atoms with Crippen molar-refractivity contribution in [3.8, 4) is 5.75 Å². The Bertz CT molecular complexity index is 738. The number of hydrogen-bond acceptors (Lipinski definition) is 3. The van der Waals surface area contributed by atoms with E-state index in [1.807, 2.05) is 13.0 Å². The second-order valence-corrected chi connectivity index (χ2v) is 7.46. The molecule has 136 valence electrons. The van der Waals surface area contributed by atoms with E-state index in [-0.39, 0.29) is 23.4 Å². The summed E-state index contributed by atoms with van der Waals surface area (Å²) >= 11 is 0. The maximum Gasteiger partial charge on any atom is 0.166 e. The predicted octanol–water partition coefficient (Wildman–Crippen LogP) is 5.14. The van der Waals surface area contributed by atoms with Crippen LogP contribution in [0.1, 0.15) is 57.9 Å². The predicted molar refractivity (Wildman–Crippen MR) is 100 cm³/mol. The van der Waals surface area contributed by atoms with Gasteiger partial charge in [0.1, 0.15) is 0 Å². The average molecular weight is 344 g/mol. The molecule has 0 amide bonds. The summed E-state index contributed by atoms with van der Waals surface area (Å²) < 4.78 is 20.7. The topological polar surface area (TPSA) is 48.1 Å². The number of nitrogens with zero attached hydrogens (tertiary/aromatic N) is 1. The summed E-state index contributed by atoms with van der Waals surface area (Å²) in [5.41, 5.74) is 7.47. The van der Waals surface area contributed by atoms with Crippen molar-refractivity contribution in [2.24, 2.45) is 11.1 Å². The molecule has 3 rings (SSSR count). The van der Waals surface area contributed by atoms with E-state index < -0.39 is 0 Å². The third kappa shape index (κ3) is 3.37. The molecule has 2 N–H and O–H groups in total. The zero-order valence-corrected chi connectivity index (χ0v) is 15.5. The summed E-state index contributed by atoms with van der Waals surface area (Å²) in [5.74, 6) is 0.100. The van der Waals surface area contributed by atoms with Crippen LogP contribution in [0.25, 0.3) is 10.8 Å². The Morgan fingerprint density at radius 2 is 2.08 bits per heavy atom. The molecule has 1 fully saturated rings. The molecule has 0 bridgehead atoms. The smallest absolute Gasteiger partial charge is 0.166 e. The van der Waals surface area contributed by atoms with Crippen molar-refractivity contribution in [3.05, 3.63) is 35.9 Å². The van der Waals surface area contributed by atoms with E-state index in [2.05, 4.69) is 18.8 Å². The van der Waals surface area contributed by atoms with Crippen molar-refractivity contribution in [1.82, 2.24) is 4.98 Å². The molecule has 1 aromatic heterocycles. The molecule has 0 aliphatic heterocycles. The van der Waals surface area contributed by atoms with Crippen molar-refractivity contribution in [2.45, 2.75) is 71.4 Å². The number of benzene rings is 1. The first-order chi connectivity index (χ1) is 12.0. The van der Waals surface area contributed by atoms with E-state index in [1.165, 1.54) is 6.07 Å². The molecule has 0 radical (unpaired) electrons. The first-order valence-electron chi connectivity index (χ1n) is 9.45. The van der Waals surface area contributed by atoms with Gasteiger partial charge in [0.05, 0.1) is 6.10 Å². The Morgan fingerprint density at radius 1 is 1.36 bits per heavy atom. The lowest BCUT2D eigenvalue weighted by atomic mass is 9.66. The normalized spacial score (nSPS) is 25.1. The SMILES string of the molecule is CC[C@H](N)C1(CC)CCC(Oc2c(F)cc3cnccc3c2C)CC1. The fourth-order valence-electron chi connectivity index (χ4n) is 4.38. The number of ether oxygens (including phenoxy) is 1. The lowest BCUT2D eigenvalue weighted by Crippen LogP contribution is -2.45. The van der Waals surface area contributed by atoms with Gasteiger partial charge in [-0.05, 0) is 68.4 Å². The molecule has 2 aromatic rings. The molecule has 0 spiro atoms. The maximum absolute atomic E-state index is 14.6. The molecular formula is C21H29FN2O. The minimum absolute atomic E-state index is 0.0659. The molecule has 1 atom stereocenters. The van der Waals surface area contributed by atoms with Crippen LogP contribution in [-0.2, 0) is 0 Å². The summed E-state index contributed by atoms with van der Waals surface area (Å²) in [6.45, 7) is 6.32. The van der Waals surface area contributed by atoms with Gasteiger partial charge in [-0.15, -0.1) is 0 Å². The Balaban J connectivity index is 1.77. The number of rotatable bonds is 5. The standard InChI is InChI=1S/C21H29FN2O/c1-4-19(23)21(5-2)9-6-16(7-10-21)25-20-14(3)17-8-11-24-13-15(17)12-18(20)22/h8,11-13,16,19H,4-7,9-10,23H2,1-3H3/t16?,19-,21?/m0/s1. The molecule has 1 aliphatic rings. The summed E-state index contributed by atoms with van der Waals surface area (Å²) in [6, 6.07) is 3.68. The van der Waals surface area contributed by atoms with Crippen LogP contribution in [-0.4, -0.2) is 17.1 Å². The lowest BCUT2D eigenvalue weighted by molar-refractivity contribution is 0.0545. The Hall–Kier alpha value is -1.68. The molecule has 1 aliphatic carbocycles. The van der Waals surface area contributed by atoms with E-state index >= 15 is 0 Å². The fourth-order valence-corrected chi connectivity index (χ4v) is 4.38. The van der Waals surface area contributed by atoms with Crippen LogP contribution in [0.3, 0.4) is 0 Å². The van der Waals surface area contributed by atoms with Gasteiger partial charge in [-0.3, -0.25) is 4.98 Å². The number of hydrogen-bond donors (Lipinski definition) is 1. The summed E-state index contributed by atoms with van der Waals surface area (Å²) in [5, 5.41) is 1.81. The largest absolute Gasteiger partial charge is 0.487 e. The van der Waals surface area contributed by atoms with Crippen molar-refractivity contribution in [2.75, 3.05) is 0 Å². The zero-order chi connectivity index (χ0) is 18.0. The number of pyridine rings is 1. The summed E-state index contributed by atoms with van der Waals surface area (Å²) in [6.07, 6.45) is 9.59. The second kappa shape index (κ2) is 7.28. The highest BCUT2D eigenvalue weighted by atomic mass is 19.1. The Kier molecular flexibility index (Phi) is 5.28. The van der Waals surface area contributed by atoms with Gasteiger partial charge < -0.3 is 10.5 Å². The first-order valence-corrected chi connectivity index (χ1v) is 9.45. The number of aromatic nitrogens is 1. The first kappa shape index (κ1) is 18.1. The van der Waals surface area contributed by atoms with Crippen LogP contribution in [0.2, 0.25) is 0 Å². The molecule has 1 heterocycles. The van der Waals surface area contributed by atoms with Crippen molar-refractivity contribution in [3.63, 3.8) is 0 Å². The molecule has 3 nitrogen and oxygen atoms in total. The van der Waals surface area contributed by atoms with Crippen molar-refractivity contribution < 1.29 is 9.13 Å². The second-order valence-electron chi connectivity index (χ2n) is 7.46. The van der Waals surface area contributed by atoms with Crippen LogP contribution in [0.4, 0.5) is 4.39 Å². The van der Waals surface area contributed by atoms with Crippen LogP contribution >= 0.6 is 0 Å². The Morgan fingerprint density at radius 3 is 2.72 bits per heavy atom. The van der Waals surface area contributed by atoms with Gasteiger partial charge in [0.2, 0.25) is 0 Å². The molecule has 1 aromatic carbocycles.